The Morgan fingerprint density at radius 1 is 1.20 bits per heavy atom. The van der Waals surface area contributed by atoms with Crippen molar-refractivity contribution in [3.63, 3.8) is 0 Å². The van der Waals surface area contributed by atoms with Crippen LogP contribution in [0.4, 0.5) is 0 Å². The van der Waals surface area contributed by atoms with E-state index in [0.29, 0.717) is 6.04 Å². The zero-order valence-corrected chi connectivity index (χ0v) is 12.2. The van der Waals surface area contributed by atoms with Gasteiger partial charge in [-0.15, -0.1) is 5.10 Å². The van der Waals surface area contributed by atoms with Gasteiger partial charge < -0.3 is 5.32 Å². The van der Waals surface area contributed by atoms with Gasteiger partial charge in [-0.3, -0.25) is 4.68 Å². The van der Waals surface area contributed by atoms with E-state index in [2.05, 4.69) is 52.9 Å². The largest absolute Gasteiger partial charge is 0.308 e. The van der Waals surface area contributed by atoms with E-state index in [9.17, 15) is 0 Å². The van der Waals surface area contributed by atoms with E-state index in [-0.39, 0.29) is 0 Å². The van der Waals surface area contributed by atoms with Crippen LogP contribution in [-0.2, 0) is 6.54 Å². The van der Waals surface area contributed by atoms with E-state index >= 15 is 0 Å². The van der Waals surface area contributed by atoms with Gasteiger partial charge in [0, 0.05) is 18.8 Å². The Labute approximate surface area is 121 Å². The van der Waals surface area contributed by atoms with Crippen LogP contribution in [0.3, 0.4) is 0 Å². The van der Waals surface area contributed by atoms with Gasteiger partial charge in [-0.1, -0.05) is 61.7 Å². The Bertz CT molecular complexity index is 453. The lowest BCUT2D eigenvalue weighted by atomic mass is 10.0. The van der Waals surface area contributed by atoms with Crippen LogP contribution in [-0.4, -0.2) is 21.5 Å². The fourth-order valence-electron chi connectivity index (χ4n) is 2.38. The fourth-order valence-corrected chi connectivity index (χ4v) is 2.38. The molecule has 1 heterocycles. The molecular weight excluding hydrogens is 248 g/mol. The molecule has 1 atom stereocenters. The zero-order valence-electron chi connectivity index (χ0n) is 12.2. The van der Waals surface area contributed by atoms with Crippen molar-refractivity contribution in [2.75, 3.05) is 6.54 Å². The summed E-state index contributed by atoms with van der Waals surface area (Å²) in [7, 11) is 0. The maximum atomic E-state index is 3.99. The molecular formula is C16H24N4. The Morgan fingerprint density at radius 3 is 2.75 bits per heavy atom. The van der Waals surface area contributed by atoms with Crippen molar-refractivity contribution in [1.29, 1.82) is 0 Å². The molecule has 0 saturated heterocycles. The number of rotatable bonds is 9. The van der Waals surface area contributed by atoms with Crippen LogP contribution < -0.4 is 5.32 Å². The first-order chi connectivity index (χ1) is 9.90. The monoisotopic (exact) mass is 272 g/mol. The van der Waals surface area contributed by atoms with Crippen LogP contribution in [0.15, 0.2) is 42.7 Å². The molecule has 0 aliphatic rings. The van der Waals surface area contributed by atoms with Gasteiger partial charge in [-0.25, -0.2) is 0 Å². The van der Waals surface area contributed by atoms with Gasteiger partial charge in [-0.2, -0.15) is 0 Å². The highest BCUT2D eigenvalue weighted by atomic mass is 15.4. The molecule has 0 bridgehead atoms. The molecule has 0 spiro atoms. The van der Waals surface area contributed by atoms with E-state index in [1.165, 1.54) is 31.2 Å². The normalized spacial score (nSPS) is 12.4. The summed E-state index contributed by atoms with van der Waals surface area (Å²) in [5.74, 6) is 0. The van der Waals surface area contributed by atoms with E-state index < -0.39 is 0 Å². The minimum atomic E-state index is 0.436. The molecule has 1 aromatic heterocycles. The second kappa shape index (κ2) is 8.48. The molecule has 0 aliphatic heterocycles. The van der Waals surface area contributed by atoms with Crippen LogP contribution in [0.1, 0.15) is 44.2 Å². The summed E-state index contributed by atoms with van der Waals surface area (Å²) in [6.07, 6.45) is 8.64. The van der Waals surface area contributed by atoms with E-state index in [4.69, 9.17) is 0 Å². The number of hydrogen-bond acceptors (Lipinski definition) is 3. The highest BCUT2D eigenvalue weighted by Gasteiger charge is 2.09. The third kappa shape index (κ3) is 4.78. The number of nitrogens with one attached hydrogen (secondary N) is 1. The Morgan fingerprint density at radius 2 is 2.05 bits per heavy atom. The maximum Gasteiger partial charge on any atom is 0.0692 e. The van der Waals surface area contributed by atoms with Crippen molar-refractivity contribution >= 4 is 0 Å². The predicted octanol–water partition coefficient (Wildman–Crippen LogP) is 3.19. The smallest absolute Gasteiger partial charge is 0.0692 e. The number of hydrogen-bond donors (Lipinski definition) is 1. The second-order valence-electron chi connectivity index (χ2n) is 5.08. The summed E-state index contributed by atoms with van der Waals surface area (Å²) >= 11 is 0. The number of benzene rings is 1. The van der Waals surface area contributed by atoms with Gasteiger partial charge in [0.1, 0.15) is 0 Å². The van der Waals surface area contributed by atoms with E-state index in [1.807, 2.05) is 10.9 Å². The lowest BCUT2D eigenvalue weighted by Crippen LogP contribution is -2.25. The van der Waals surface area contributed by atoms with E-state index in [0.717, 1.165) is 13.1 Å². The molecule has 4 heteroatoms. The maximum absolute atomic E-state index is 3.99. The van der Waals surface area contributed by atoms with Gasteiger partial charge in [0.05, 0.1) is 12.7 Å². The van der Waals surface area contributed by atoms with Crippen molar-refractivity contribution < 1.29 is 0 Å². The van der Waals surface area contributed by atoms with Crippen molar-refractivity contribution in [3.8, 4) is 0 Å². The molecule has 108 valence electrons. The third-order valence-corrected chi connectivity index (χ3v) is 3.50. The van der Waals surface area contributed by atoms with Crippen molar-refractivity contribution in [2.45, 2.75) is 45.2 Å². The molecule has 1 N–H and O–H groups in total. The molecule has 1 unspecified atom stereocenters. The fraction of sp³-hybridized carbons (Fsp3) is 0.500. The molecule has 0 amide bonds. The topological polar surface area (TPSA) is 42.7 Å². The molecule has 4 nitrogen and oxygen atoms in total. The highest BCUT2D eigenvalue weighted by molar-refractivity contribution is 5.18. The minimum absolute atomic E-state index is 0.436. The summed E-state index contributed by atoms with van der Waals surface area (Å²) in [5, 5.41) is 11.5. The first kappa shape index (κ1) is 14.7. The minimum Gasteiger partial charge on any atom is -0.308 e. The Kier molecular flexibility index (Phi) is 6.24. The Balaban J connectivity index is 1.85. The van der Waals surface area contributed by atoms with Crippen LogP contribution >= 0.6 is 0 Å². The molecule has 0 aliphatic carbocycles. The summed E-state index contributed by atoms with van der Waals surface area (Å²) in [4.78, 5) is 0. The van der Waals surface area contributed by atoms with Crippen molar-refractivity contribution in [3.05, 3.63) is 48.3 Å². The first-order valence-electron chi connectivity index (χ1n) is 7.52. The zero-order chi connectivity index (χ0) is 14.0. The molecule has 0 saturated carbocycles. The lowest BCUT2D eigenvalue weighted by molar-refractivity contribution is 0.445. The average molecular weight is 272 g/mol. The SMILES string of the molecule is CCCCCC(NCCn1ccnn1)c1ccccc1. The predicted molar refractivity (Wildman–Crippen MR) is 81.3 cm³/mol. The van der Waals surface area contributed by atoms with Gasteiger partial charge in [0.15, 0.2) is 0 Å². The van der Waals surface area contributed by atoms with Crippen LogP contribution in [0.2, 0.25) is 0 Å². The van der Waals surface area contributed by atoms with Crippen molar-refractivity contribution in [2.24, 2.45) is 0 Å². The first-order valence-corrected chi connectivity index (χ1v) is 7.52. The van der Waals surface area contributed by atoms with Gasteiger partial charge in [0.25, 0.3) is 0 Å². The quantitative estimate of drug-likeness (QED) is 0.713. The summed E-state index contributed by atoms with van der Waals surface area (Å²) in [6, 6.07) is 11.1. The van der Waals surface area contributed by atoms with Crippen LogP contribution in [0.5, 0.6) is 0 Å². The standard InChI is InChI=1S/C16H24N4/c1-2-3-5-10-16(15-8-6-4-7-9-15)17-11-13-20-14-12-18-19-20/h4,6-9,12,14,16-17H,2-3,5,10-11,13H2,1H3. The second-order valence-corrected chi connectivity index (χ2v) is 5.08. The molecule has 20 heavy (non-hydrogen) atoms. The molecule has 2 rings (SSSR count). The van der Waals surface area contributed by atoms with Crippen LogP contribution in [0.25, 0.3) is 0 Å². The van der Waals surface area contributed by atoms with Gasteiger partial charge in [-0.05, 0) is 12.0 Å². The molecule has 2 aromatic rings. The van der Waals surface area contributed by atoms with Gasteiger partial charge in [0.2, 0.25) is 0 Å². The number of unbranched alkanes of at least 4 members (excludes halogenated alkanes) is 2. The summed E-state index contributed by atoms with van der Waals surface area (Å²) in [6.45, 7) is 4.02. The van der Waals surface area contributed by atoms with Gasteiger partial charge >= 0.3 is 0 Å². The van der Waals surface area contributed by atoms with Crippen molar-refractivity contribution in [1.82, 2.24) is 20.3 Å². The molecule has 1 aromatic carbocycles. The lowest BCUT2D eigenvalue weighted by Gasteiger charge is -2.19. The number of aromatic nitrogens is 3. The molecule has 0 radical (unpaired) electrons. The third-order valence-electron chi connectivity index (χ3n) is 3.50. The average Bonchev–Trinajstić information content (AvgIpc) is 3.00. The highest BCUT2D eigenvalue weighted by Crippen LogP contribution is 2.19. The molecule has 0 fully saturated rings. The van der Waals surface area contributed by atoms with E-state index in [1.54, 1.807) is 6.20 Å². The summed E-state index contributed by atoms with van der Waals surface area (Å²) < 4.78 is 1.86. The van der Waals surface area contributed by atoms with Crippen LogP contribution in [0, 0.1) is 0 Å². The number of nitrogens with zero attached hydrogens (tertiary/aromatic N) is 3. The Hall–Kier alpha value is -1.68. The summed E-state index contributed by atoms with van der Waals surface area (Å²) in [5.41, 5.74) is 1.38.